The van der Waals surface area contributed by atoms with E-state index < -0.39 is 18.1 Å². The van der Waals surface area contributed by atoms with Crippen molar-refractivity contribution in [3.05, 3.63) is 17.5 Å². The standard InChI is InChI=1S/C11H15F3N4O/c1-6-5-18-9(4-15-6)8(3-16-18)10(19)17-7(2)11(12,13)14/h3,6-7,15H,4-5H2,1-2H3,(H,17,19)/t6-,7?/m0/s1. The first-order valence-corrected chi connectivity index (χ1v) is 5.94. The molecule has 0 bridgehead atoms. The molecule has 0 fully saturated rings. The van der Waals surface area contributed by atoms with Gasteiger partial charge in [-0.15, -0.1) is 0 Å². The van der Waals surface area contributed by atoms with Crippen LogP contribution in [0.15, 0.2) is 6.20 Å². The molecule has 1 unspecified atom stereocenters. The molecule has 1 aromatic rings. The highest BCUT2D eigenvalue weighted by Crippen LogP contribution is 2.20. The first kappa shape index (κ1) is 13.9. The van der Waals surface area contributed by atoms with E-state index in [1.54, 1.807) is 4.68 Å². The lowest BCUT2D eigenvalue weighted by Gasteiger charge is -2.23. The van der Waals surface area contributed by atoms with Gasteiger partial charge in [0.2, 0.25) is 0 Å². The maximum Gasteiger partial charge on any atom is 0.408 e. The summed E-state index contributed by atoms with van der Waals surface area (Å²) in [6.45, 7) is 3.89. The summed E-state index contributed by atoms with van der Waals surface area (Å²) in [5.41, 5.74) is 0.806. The maximum atomic E-state index is 12.4. The second-order valence-electron chi connectivity index (χ2n) is 4.71. The van der Waals surface area contributed by atoms with E-state index in [9.17, 15) is 18.0 Å². The average molecular weight is 276 g/mol. The van der Waals surface area contributed by atoms with Gasteiger partial charge < -0.3 is 10.6 Å². The Bertz CT molecular complexity index is 483. The number of alkyl halides is 3. The van der Waals surface area contributed by atoms with Gasteiger partial charge in [0.25, 0.3) is 5.91 Å². The number of aromatic nitrogens is 2. The Kier molecular flexibility index (Phi) is 3.53. The smallest absolute Gasteiger partial charge is 0.340 e. The maximum absolute atomic E-state index is 12.4. The molecule has 0 aliphatic carbocycles. The average Bonchev–Trinajstić information content (AvgIpc) is 2.70. The van der Waals surface area contributed by atoms with E-state index in [-0.39, 0.29) is 11.6 Å². The zero-order valence-corrected chi connectivity index (χ0v) is 10.6. The number of rotatable bonds is 2. The Balaban J connectivity index is 2.13. The third-order valence-electron chi connectivity index (χ3n) is 3.10. The summed E-state index contributed by atoms with van der Waals surface area (Å²) in [6, 6.07) is -1.66. The van der Waals surface area contributed by atoms with Gasteiger partial charge in [-0.05, 0) is 13.8 Å². The Labute approximate surface area is 108 Å². The second-order valence-corrected chi connectivity index (χ2v) is 4.71. The number of carbonyl (C=O) groups is 1. The Hall–Kier alpha value is -1.57. The molecule has 0 saturated carbocycles. The van der Waals surface area contributed by atoms with Crippen molar-refractivity contribution in [2.24, 2.45) is 0 Å². The number of hydrogen-bond donors (Lipinski definition) is 2. The number of nitrogens with one attached hydrogen (secondary N) is 2. The van der Waals surface area contributed by atoms with Crippen molar-refractivity contribution in [1.82, 2.24) is 20.4 Å². The first-order chi connectivity index (χ1) is 8.79. The minimum Gasteiger partial charge on any atom is -0.340 e. The molecule has 0 aromatic carbocycles. The largest absolute Gasteiger partial charge is 0.408 e. The topological polar surface area (TPSA) is 59.0 Å². The van der Waals surface area contributed by atoms with Crippen LogP contribution in [-0.4, -0.2) is 33.9 Å². The van der Waals surface area contributed by atoms with Gasteiger partial charge in [-0.1, -0.05) is 0 Å². The summed E-state index contributed by atoms with van der Waals surface area (Å²) in [4.78, 5) is 11.8. The fraction of sp³-hybridized carbons (Fsp3) is 0.636. The van der Waals surface area contributed by atoms with Crippen LogP contribution in [0.1, 0.15) is 29.9 Å². The molecule has 0 radical (unpaired) electrons. The lowest BCUT2D eigenvalue weighted by atomic mass is 10.1. The Morgan fingerprint density at radius 2 is 2.32 bits per heavy atom. The van der Waals surface area contributed by atoms with Crippen LogP contribution in [0.5, 0.6) is 0 Å². The van der Waals surface area contributed by atoms with Crippen LogP contribution in [0.25, 0.3) is 0 Å². The summed E-state index contributed by atoms with van der Waals surface area (Å²) >= 11 is 0. The van der Waals surface area contributed by atoms with E-state index in [1.165, 1.54) is 6.20 Å². The fourth-order valence-corrected chi connectivity index (χ4v) is 1.90. The molecule has 8 heteroatoms. The van der Waals surface area contributed by atoms with Gasteiger partial charge in [-0.25, -0.2) is 0 Å². The van der Waals surface area contributed by atoms with Crippen LogP contribution in [0, 0.1) is 0 Å². The molecule has 19 heavy (non-hydrogen) atoms. The zero-order chi connectivity index (χ0) is 14.2. The molecule has 5 nitrogen and oxygen atoms in total. The minimum atomic E-state index is -4.45. The van der Waals surface area contributed by atoms with Gasteiger partial charge in [0.15, 0.2) is 0 Å². The van der Waals surface area contributed by atoms with E-state index in [2.05, 4.69) is 10.4 Å². The minimum absolute atomic E-state index is 0.190. The van der Waals surface area contributed by atoms with E-state index in [0.29, 0.717) is 18.8 Å². The number of hydrogen-bond acceptors (Lipinski definition) is 3. The van der Waals surface area contributed by atoms with Crippen LogP contribution in [0.4, 0.5) is 13.2 Å². The Morgan fingerprint density at radius 1 is 1.63 bits per heavy atom. The van der Waals surface area contributed by atoms with Gasteiger partial charge in [0, 0.05) is 12.6 Å². The van der Waals surface area contributed by atoms with E-state index in [0.717, 1.165) is 6.92 Å². The summed E-state index contributed by atoms with van der Waals surface area (Å²) in [5.74, 6) is -0.748. The summed E-state index contributed by atoms with van der Waals surface area (Å²) < 4.78 is 38.8. The normalized spacial score (nSPS) is 20.8. The molecule has 2 N–H and O–H groups in total. The highest BCUT2D eigenvalue weighted by Gasteiger charge is 2.37. The van der Waals surface area contributed by atoms with Crippen molar-refractivity contribution >= 4 is 5.91 Å². The molecule has 2 heterocycles. The Morgan fingerprint density at radius 3 is 2.95 bits per heavy atom. The number of amides is 1. The molecular formula is C11H15F3N4O. The lowest BCUT2D eigenvalue weighted by molar-refractivity contribution is -0.149. The van der Waals surface area contributed by atoms with Crippen molar-refractivity contribution in [2.45, 2.75) is 45.2 Å². The van der Waals surface area contributed by atoms with Crippen molar-refractivity contribution in [1.29, 1.82) is 0 Å². The summed E-state index contributed by atoms with van der Waals surface area (Å²) in [6.07, 6.45) is -3.14. The molecule has 2 rings (SSSR count). The van der Waals surface area contributed by atoms with E-state index >= 15 is 0 Å². The van der Waals surface area contributed by atoms with Crippen LogP contribution in [0.2, 0.25) is 0 Å². The third kappa shape index (κ3) is 2.89. The van der Waals surface area contributed by atoms with E-state index in [1.807, 2.05) is 12.2 Å². The van der Waals surface area contributed by atoms with E-state index in [4.69, 9.17) is 0 Å². The third-order valence-corrected chi connectivity index (χ3v) is 3.10. The SMILES string of the molecule is CC(NC(=O)c1cnn2c1CN[C@@H](C)C2)C(F)(F)F. The molecule has 1 aromatic heterocycles. The first-order valence-electron chi connectivity index (χ1n) is 5.94. The lowest BCUT2D eigenvalue weighted by Crippen LogP contribution is -2.44. The van der Waals surface area contributed by atoms with Crippen molar-refractivity contribution in [2.75, 3.05) is 0 Å². The predicted octanol–water partition coefficient (Wildman–Crippen LogP) is 1.06. The molecular weight excluding hydrogens is 261 g/mol. The summed E-state index contributed by atoms with van der Waals surface area (Å²) in [5, 5.41) is 9.11. The molecule has 106 valence electrons. The molecule has 2 atom stereocenters. The molecule has 0 saturated heterocycles. The number of fused-ring (bicyclic) bond motifs is 1. The van der Waals surface area contributed by atoms with Gasteiger partial charge >= 0.3 is 6.18 Å². The molecule has 0 spiro atoms. The molecule has 1 amide bonds. The highest BCUT2D eigenvalue weighted by molar-refractivity contribution is 5.95. The van der Waals surface area contributed by atoms with Crippen molar-refractivity contribution in [3.8, 4) is 0 Å². The number of carbonyl (C=O) groups excluding carboxylic acids is 1. The highest BCUT2D eigenvalue weighted by atomic mass is 19.4. The van der Waals surface area contributed by atoms with Gasteiger partial charge in [-0.2, -0.15) is 18.3 Å². The molecule has 1 aliphatic rings. The van der Waals surface area contributed by atoms with Gasteiger partial charge in [-0.3, -0.25) is 9.48 Å². The second kappa shape index (κ2) is 4.84. The van der Waals surface area contributed by atoms with Crippen LogP contribution >= 0.6 is 0 Å². The van der Waals surface area contributed by atoms with Crippen LogP contribution in [-0.2, 0) is 13.1 Å². The summed E-state index contributed by atoms with van der Waals surface area (Å²) in [7, 11) is 0. The number of halogens is 3. The van der Waals surface area contributed by atoms with Gasteiger partial charge in [0.1, 0.15) is 6.04 Å². The van der Waals surface area contributed by atoms with Crippen LogP contribution in [0.3, 0.4) is 0 Å². The molecule has 1 aliphatic heterocycles. The van der Waals surface area contributed by atoms with Gasteiger partial charge in [0.05, 0.1) is 24.0 Å². The predicted molar refractivity (Wildman–Crippen MR) is 61.5 cm³/mol. The monoisotopic (exact) mass is 276 g/mol. The van der Waals surface area contributed by atoms with Crippen molar-refractivity contribution < 1.29 is 18.0 Å². The number of nitrogens with zero attached hydrogens (tertiary/aromatic N) is 2. The van der Waals surface area contributed by atoms with Crippen molar-refractivity contribution in [3.63, 3.8) is 0 Å². The quantitative estimate of drug-likeness (QED) is 0.849. The fourth-order valence-electron chi connectivity index (χ4n) is 1.90. The zero-order valence-electron chi connectivity index (χ0n) is 10.6. The van der Waals surface area contributed by atoms with Crippen LogP contribution < -0.4 is 10.6 Å².